The summed E-state index contributed by atoms with van der Waals surface area (Å²) in [4.78, 5) is 16.9. The Morgan fingerprint density at radius 1 is 1.13 bits per heavy atom. The summed E-state index contributed by atoms with van der Waals surface area (Å²) in [6, 6.07) is 14.0. The van der Waals surface area contributed by atoms with Gasteiger partial charge in [-0.3, -0.25) is 4.79 Å². The van der Waals surface area contributed by atoms with E-state index in [1.807, 2.05) is 35.9 Å². The predicted octanol–water partition coefficient (Wildman–Crippen LogP) is 3.50. The van der Waals surface area contributed by atoms with Crippen LogP contribution in [0.1, 0.15) is 18.1 Å². The molecule has 2 heterocycles. The van der Waals surface area contributed by atoms with Gasteiger partial charge in [-0.15, -0.1) is 10.2 Å². The molecule has 7 nitrogen and oxygen atoms in total. The van der Waals surface area contributed by atoms with Crippen LogP contribution >= 0.6 is 11.8 Å². The van der Waals surface area contributed by atoms with Crippen molar-refractivity contribution in [1.29, 1.82) is 0 Å². The highest BCUT2D eigenvalue weighted by Crippen LogP contribution is 2.27. The van der Waals surface area contributed by atoms with E-state index in [1.54, 1.807) is 7.11 Å². The minimum atomic E-state index is -0.0795. The molecule has 0 fully saturated rings. The summed E-state index contributed by atoms with van der Waals surface area (Å²) >= 11 is 1.28. The molecule has 0 atom stereocenters. The largest absolute Gasteiger partial charge is 0.497 e. The molecule has 0 spiro atoms. The van der Waals surface area contributed by atoms with Gasteiger partial charge in [0.2, 0.25) is 11.1 Å². The number of amides is 1. The van der Waals surface area contributed by atoms with Crippen LogP contribution in [0.3, 0.4) is 0 Å². The lowest BCUT2D eigenvalue weighted by Crippen LogP contribution is -2.24. The molecule has 0 aliphatic carbocycles. The van der Waals surface area contributed by atoms with E-state index in [9.17, 15) is 4.79 Å². The van der Waals surface area contributed by atoms with Gasteiger partial charge < -0.3 is 14.6 Å². The van der Waals surface area contributed by atoms with Crippen molar-refractivity contribution >= 4 is 39.7 Å². The van der Waals surface area contributed by atoms with Crippen LogP contribution in [0.15, 0.2) is 47.6 Å². The lowest BCUT2D eigenvalue weighted by Gasteiger charge is -2.06. The van der Waals surface area contributed by atoms with E-state index in [-0.39, 0.29) is 11.7 Å². The monoisotopic (exact) mass is 421 g/mol. The van der Waals surface area contributed by atoms with Crippen LogP contribution in [0.4, 0.5) is 0 Å². The molecule has 1 amide bonds. The lowest BCUT2D eigenvalue weighted by atomic mass is 10.1. The second-order valence-corrected chi connectivity index (χ2v) is 7.89. The maximum absolute atomic E-state index is 12.2. The number of nitrogens with zero attached hydrogens (tertiary/aromatic N) is 4. The molecule has 2 aromatic heterocycles. The van der Waals surface area contributed by atoms with E-state index >= 15 is 0 Å². The molecule has 0 saturated carbocycles. The fraction of sp³-hybridized carbons (Fsp3) is 0.273. The number of carbonyl (C=O) groups is 1. The van der Waals surface area contributed by atoms with Gasteiger partial charge in [-0.2, -0.15) is 0 Å². The average molecular weight is 422 g/mol. The quantitative estimate of drug-likeness (QED) is 0.460. The minimum Gasteiger partial charge on any atom is -0.497 e. The fourth-order valence-electron chi connectivity index (χ4n) is 3.30. The molecule has 154 valence electrons. The highest BCUT2D eigenvalue weighted by Gasteiger charge is 2.14. The zero-order chi connectivity index (χ0) is 21.1. The number of nitrogens with one attached hydrogen (secondary N) is 1. The molecule has 1 N–H and O–H groups in total. The maximum atomic E-state index is 12.2. The van der Waals surface area contributed by atoms with Crippen molar-refractivity contribution < 1.29 is 9.53 Å². The van der Waals surface area contributed by atoms with Crippen molar-refractivity contribution in [1.82, 2.24) is 25.1 Å². The van der Waals surface area contributed by atoms with Gasteiger partial charge in [0.1, 0.15) is 11.3 Å². The molecule has 8 heteroatoms. The maximum Gasteiger partial charge on any atom is 0.230 e. The highest BCUT2D eigenvalue weighted by atomic mass is 32.2. The molecule has 0 saturated heterocycles. The van der Waals surface area contributed by atoms with Gasteiger partial charge in [-0.1, -0.05) is 36.9 Å². The average Bonchev–Trinajstić information content (AvgIpc) is 3.07. The van der Waals surface area contributed by atoms with Gasteiger partial charge in [-0.05, 0) is 41.8 Å². The number of aryl methyl sites for hydroxylation is 2. The summed E-state index contributed by atoms with van der Waals surface area (Å²) in [5.74, 6) is 0.942. The van der Waals surface area contributed by atoms with E-state index in [0.717, 1.165) is 39.8 Å². The number of fused-ring (bicyclic) bond motifs is 3. The van der Waals surface area contributed by atoms with Gasteiger partial charge >= 0.3 is 0 Å². The fourth-order valence-corrected chi connectivity index (χ4v) is 3.91. The van der Waals surface area contributed by atoms with Crippen LogP contribution in [0.25, 0.3) is 22.1 Å². The molecule has 4 rings (SSSR count). The molecular formula is C22H23N5O2S. The normalized spacial score (nSPS) is 11.2. The van der Waals surface area contributed by atoms with Crippen molar-refractivity contribution in [2.75, 3.05) is 12.9 Å². The van der Waals surface area contributed by atoms with Crippen molar-refractivity contribution in [2.45, 2.75) is 25.0 Å². The smallest absolute Gasteiger partial charge is 0.230 e. The van der Waals surface area contributed by atoms with Gasteiger partial charge in [0.25, 0.3) is 0 Å². The topological polar surface area (TPSA) is 81.9 Å². The van der Waals surface area contributed by atoms with Crippen molar-refractivity contribution in [2.24, 2.45) is 7.05 Å². The summed E-state index contributed by atoms with van der Waals surface area (Å²) in [5, 5.41) is 13.1. The van der Waals surface area contributed by atoms with Gasteiger partial charge in [0, 0.05) is 19.0 Å². The van der Waals surface area contributed by atoms with Crippen molar-refractivity contribution in [3.8, 4) is 5.75 Å². The van der Waals surface area contributed by atoms with Crippen LogP contribution in [0, 0.1) is 0 Å². The summed E-state index contributed by atoms with van der Waals surface area (Å²) in [5.41, 5.74) is 4.90. The Bertz CT molecular complexity index is 1200. The molecule has 30 heavy (non-hydrogen) atoms. The lowest BCUT2D eigenvalue weighted by molar-refractivity contribution is -0.118. The number of carbonyl (C=O) groups excluding carboxylic acids is 1. The Morgan fingerprint density at radius 2 is 1.90 bits per heavy atom. The molecule has 0 bridgehead atoms. The first-order valence-corrected chi connectivity index (χ1v) is 10.7. The third-order valence-electron chi connectivity index (χ3n) is 5.03. The van der Waals surface area contributed by atoms with E-state index in [4.69, 9.17) is 4.74 Å². The first-order chi connectivity index (χ1) is 14.6. The predicted molar refractivity (Wildman–Crippen MR) is 119 cm³/mol. The van der Waals surface area contributed by atoms with E-state index in [2.05, 4.69) is 45.6 Å². The summed E-state index contributed by atoms with van der Waals surface area (Å²) in [7, 11) is 3.60. The van der Waals surface area contributed by atoms with Crippen LogP contribution in [-0.2, 0) is 24.8 Å². The third kappa shape index (κ3) is 4.09. The SMILES string of the molecule is CCc1ccc2c(c1)c1nnc(SCC(=O)NCc3ccc(OC)cc3)nc1n2C. The first kappa shape index (κ1) is 20.2. The molecule has 0 radical (unpaired) electrons. The number of benzene rings is 2. The Hall–Kier alpha value is -3.13. The van der Waals surface area contributed by atoms with E-state index in [1.165, 1.54) is 17.3 Å². The standard InChI is InChI=1S/C22H23N5O2S/c1-4-14-7-10-18-17(11-14)20-21(27(18)2)24-22(26-25-20)30-13-19(28)23-12-15-5-8-16(29-3)9-6-15/h5-11H,4,12-13H2,1-3H3,(H,23,28). The van der Waals surface area contributed by atoms with Crippen LogP contribution < -0.4 is 10.1 Å². The first-order valence-electron chi connectivity index (χ1n) is 9.73. The molecule has 2 aromatic carbocycles. The van der Waals surface area contributed by atoms with E-state index in [0.29, 0.717) is 11.7 Å². The number of aromatic nitrogens is 4. The van der Waals surface area contributed by atoms with Gasteiger partial charge in [0.15, 0.2) is 5.65 Å². The Kier molecular flexibility index (Phi) is 5.85. The summed E-state index contributed by atoms with van der Waals surface area (Å²) < 4.78 is 7.16. The zero-order valence-corrected chi connectivity index (χ0v) is 18.0. The summed E-state index contributed by atoms with van der Waals surface area (Å²) in [6.45, 7) is 2.59. The molecule has 0 aliphatic rings. The minimum absolute atomic E-state index is 0.0795. The van der Waals surface area contributed by atoms with Crippen molar-refractivity contribution in [3.63, 3.8) is 0 Å². The second-order valence-electron chi connectivity index (χ2n) is 6.94. The number of thioether (sulfide) groups is 1. The van der Waals surface area contributed by atoms with Gasteiger partial charge in [0.05, 0.1) is 18.4 Å². The zero-order valence-electron chi connectivity index (χ0n) is 17.2. The van der Waals surface area contributed by atoms with Gasteiger partial charge in [-0.25, -0.2) is 4.98 Å². The Morgan fingerprint density at radius 3 is 2.63 bits per heavy atom. The van der Waals surface area contributed by atoms with Crippen LogP contribution in [0.5, 0.6) is 5.75 Å². The molecular weight excluding hydrogens is 398 g/mol. The summed E-state index contributed by atoms with van der Waals surface area (Å²) in [6.07, 6.45) is 0.965. The third-order valence-corrected chi connectivity index (χ3v) is 5.87. The molecule has 0 unspecified atom stereocenters. The van der Waals surface area contributed by atoms with Crippen molar-refractivity contribution in [3.05, 3.63) is 53.6 Å². The Labute approximate surface area is 178 Å². The number of hydrogen-bond acceptors (Lipinski definition) is 6. The number of ether oxygens (including phenoxy) is 1. The van der Waals surface area contributed by atoms with Crippen LogP contribution in [-0.4, -0.2) is 38.5 Å². The highest BCUT2D eigenvalue weighted by molar-refractivity contribution is 7.99. The molecule has 0 aliphatic heterocycles. The molecule has 4 aromatic rings. The Balaban J connectivity index is 1.42. The van der Waals surface area contributed by atoms with E-state index < -0.39 is 0 Å². The van der Waals surface area contributed by atoms with Crippen LogP contribution in [0.2, 0.25) is 0 Å². The second kappa shape index (κ2) is 8.71. The number of hydrogen-bond donors (Lipinski definition) is 1. The number of rotatable bonds is 7. The number of methoxy groups -OCH3 is 1.